The Morgan fingerprint density at radius 3 is 2.90 bits per heavy atom. The Hall–Kier alpha value is -2.48. The number of nitrogens with two attached hydrogens (primary N) is 1. The molecule has 0 fully saturated rings. The Morgan fingerprint density at radius 1 is 1.55 bits per heavy atom. The van der Waals surface area contributed by atoms with Gasteiger partial charge in [-0.3, -0.25) is 10.1 Å². The first-order valence-electron chi connectivity index (χ1n) is 5.93. The van der Waals surface area contributed by atoms with E-state index in [1.54, 1.807) is 6.07 Å². The lowest BCUT2D eigenvalue weighted by atomic mass is 10.1. The molecule has 1 unspecified atom stereocenters. The van der Waals surface area contributed by atoms with Crippen LogP contribution in [0.3, 0.4) is 0 Å². The van der Waals surface area contributed by atoms with Crippen LogP contribution < -0.4 is 10.5 Å². The van der Waals surface area contributed by atoms with Gasteiger partial charge in [0.1, 0.15) is 0 Å². The molecule has 2 aromatic rings. The summed E-state index contributed by atoms with van der Waals surface area (Å²) in [6.45, 7) is 2.26. The van der Waals surface area contributed by atoms with Crippen LogP contribution in [-0.2, 0) is 0 Å². The number of ether oxygens (including phenoxy) is 1. The van der Waals surface area contributed by atoms with Crippen molar-refractivity contribution in [2.24, 2.45) is 5.73 Å². The van der Waals surface area contributed by atoms with Crippen molar-refractivity contribution in [2.75, 3.05) is 13.7 Å². The van der Waals surface area contributed by atoms with Gasteiger partial charge in [-0.15, -0.1) is 0 Å². The fourth-order valence-electron chi connectivity index (χ4n) is 1.62. The van der Waals surface area contributed by atoms with E-state index in [1.807, 2.05) is 6.92 Å². The van der Waals surface area contributed by atoms with Gasteiger partial charge in [-0.25, -0.2) is 0 Å². The Labute approximate surface area is 114 Å². The molecule has 1 aromatic heterocycles. The standard InChI is InChI=1S/C12H14N4O4/c1-7(6-13)11-14-12(20-15-11)8-3-4-10(19-2)9(5-8)16(17)18/h3-5,7H,6,13H2,1-2H3. The summed E-state index contributed by atoms with van der Waals surface area (Å²) in [6, 6.07) is 4.45. The third kappa shape index (κ3) is 2.59. The lowest BCUT2D eigenvalue weighted by Gasteiger charge is -2.02. The van der Waals surface area contributed by atoms with E-state index in [0.717, 1.165) is 0 Å². The molecule has 1 atom stereocenters. The molecule has 2 N–H and O–H groups in total. The molecule has 20 heavy (non-hydrogen) atoms. The molecule has 1 aromatic carbocycles. The summed E-state index contributed by atoms with van der Waals surface area (Å²) in [7, 11) is 1.37. The number of nitrogens with zero attached hydrogens (tertiary/aromatic N) is 3. The Balaban J connectivity index is 2.40. The van der Waals surface area contributed by atoms with E-state index >= 15 is 0 Å². The minimum absolute atomic E-state index is 0.0410. The third-order valence-corrected chi connectivity index (χ3v) is 2.86. The van der Waals surface area contributed by atoms with Crippen LogP contribution in [0.25, 0.3) is 11.5 Å². The fraction of sp³-hybridized carbons (Fsp3) is 0.333. The first kappa shape index (κ1) is 13.9. The number of aromatic nitrogens is 2. The van der Waals surface area contributed by atoms with Crippen LogP contribution >= 0.6 is 0 Å². The Bertz CT molecular complexity index is 626. The van der Waals surface area contributed by atoms with Gasteiger partial charge in [0.05, 0.1) is 12.0 Å². The molecular formula is C12H14N4O4. The molecule has 0 radical (unpaired) electrons. The van der Waals surface area contributed by atoms with Crippen molar-refractivity contribution >= 4 is 5.69 Å². The Kier molecular flexibility index (Phi) is 3.94. The lowest BCUT2D eigenvalue weighted by Crippen LogP contribution is -2.10. The molecule has 0 amide bonds. The summed E-state index contributed by atoms with van der Waals surface area (Å²) >= 11 is 0. The SMILES string of the molecule is COc1ccc(-c2nc(C(C)CN)no2)cc1[N+](=O)[O-]. The molecule has 8 nitrogen and oxygen atoms in total. The Morgan fingerprint density at radius 2 is 2.30 bits per heavy atom. The summed E-state index contributed by atoms with van der Waals surface area (Å²) in [6.07, 6.45) is 0. The van der Waals surface area contributed by atoms with Crippen molar-refractivity contribution in [1.29, 1.82) is 0 Å². The predicted molar refractivity (Wildman–Crippen MR) is 70.4 cm³/mol. The molecule has 0 aliphatic carbocycles. The molecule has 106 valence electrons. The molecule has 0 aliphatic heterocycles. The van der Waals surface area contributed by atoms with Gasteiger partial charge >= 0.3 is 5.69 Å². The maximum atomic E-state index is 11.0. The number of hydrogen-bond acceptors (Lipinski definition) is 7. The largest absolute Gasteiger partial charge is 0.490 e. The zero-order valence-corrected chi connectivity index (χ0v) is 11.1. The van der Waals surface area contributed by atoms with Crippen LogP contribution in [0.15, 0.2) is 22.7 Å². The second kappa shape index (κ2) is 5.66. The molecule has 2 rings (SSSR count). The van der Waals surface area contributed by atoms with E-state index in [9.17, 15) is 10.1 Å². The van der Waals surface area contributed by atoms with Crippen LogP contribution in [0.2, 0.25) is 0 Å². The number of benzene rings is 1. The minimum Gasteiger partial charge on any atom is -0.490 e. The highest BCUT2D eigenvalue weighted by atomic mass is 16.6. The first-order valence-corrected chi connectivity index (χ1v) is 5.93. The van der Waals surface area contributed by atoms with E-state index < -0.39 is 4.92 Å². The average molecular weight is 278 g/mol. The maximum Gasteiger partial charge on any atom is 0.311 e. The topological polar surface area (TPSA) is 117 Å². The smallest absolute Gasteiger partial charge is 0.311 e. The lowest BCUT2D eigenvalue weighted by molar-refractivity contribution is -0.385. The number of nitro groups is 1. The molecule has 8 heteroatoms. The van der Waals surface area contributed by atoms with Gasteiger partial charge in [0, 0.05) is 24.1 Å². The van der Waals surface area contributed by atoms with E-state index in [0.29, 0.717) is 17.9 Å². The van der Waals surface area contributed by atoms with E-state index in [1.165, 1.54) is 19.2 Å². The van der Waals surface area contributed by atoms with Crippen LogP contribution in [-0.4, -0.2) is 28.7 Å². The molecule has 1 heterocycles. The molecule has 0 bridgehead atoms. The molecular weight excluding hydrogens is 264 g/mol. The van der Waals surface area contributed by atoms with Gasteiger partial charge in [-0.05, 0) is 12.1 Å². The summed E-state index contributed by atoms with van der Waals surface area (Å²) in [5.74, 6) is 0.821. The number of methoxy groups -OCH3 is 1. The molecule has 0 saturated carbocycles. The molecule has 0 saturated heterocycles. The van der Waals surface area contributed by atoms with Crippen molar-refractivity contribution in [3.63, 3.8) is 0 Å². The van der Waals surface area contributed by atoms with Crippen molar-refractivity contribution in [2.45, 2.75) is 12.8 Å². The van der Waals surface area contributed by atoms with Gasteiger partial charge < -0.3 is 15.0 Å². The third-order valence-electron chi connectivity index (χ3n) is 2.86. The number of hydrogen-bond donors (Lipinski definition) is 1. The number of nitro benzene ring substituents is 1. The van der Waals surface area contributed by atoms with Crippen molar-refractivity contribution in [3.05, 3.63) is 34.1 Å². The minimum atomic E-state index is -0.526. The van der Waals surface area contributed by atoms with Crippen molar-refractivity contribution < 1.29 is 14.2 Å². The summed E-state index contributed by atoms with van der Waals surface area (Å²) < 4.78 is 10.0. The van der Waals surface area contributed by atoms with E-state index in [4.69, 9.17) is 15.0 Å². The highest BCUT2D eigenvalue weighted by Gasteiger charge is 2.19. The second-order valence-corrected chi connectivity index (χ2v) is 4.24. The van der Waals surface area contributed by atoms with Crippen molar-refractivity contribution in [1.82, 2.24) is 10.1 Å². The predicted octanol–water partition coefficient (Wildman–Crippen LogP) is 1.72. The van der Waals surface area contributed by atoms with E-state index in [-0.39, 0.29) is 23.2 Å². The average Bonchev–Trinajstić information content (AvgIpc) is 2.95. The summed E-state index contributed by atoms with van der Waals surface area (Å²) in [4.78, 5) is 14.6. The van der Waals surface area contributed by atoms with Crippen LogP contribution in [0.5, 0.6) is 5.75 Å². The van der Waals surface area contributed by atoms with Gasteiger partial charge in [-0.1, -0.05) is 12.1 Å². The molecule has 0 spiro atoms. The fourth-order valence-corrected chi connectivity index (χ4v) is 1.62. The monoisotopic (exact) mass is 278 g/mol. The van der Waals surface area contributed by atoms with Gasteiger partial charge in [0.2, 0.25) is 0 Å². The number of rotatable bonds is 5. The van der Waals surface area contributed by atoms with Gasteiger partial charge in [-0.2, -0.15) is 4.98 Å². The first-order chi connectivity index (χ1) is 9.56. The van der Waals surface area contributed by atoms with Crippen LogP contribution in [0, 0.1) is 10.1 Å². The second-order valence-electron chi connectivity index (χ2n) is 4.24. The van der Waals surface area contributed by atoms with Gasteiger partial charge in [0.15, 0.2) is 11.6 Å². The summed E-state index contributed by atoms with van der Waals surface area (Å²) in [5, 5.41) is 14.8. The quantitative estimate of drug-likeness (QED) is 0.653. The zero-order valence-electron chi connectivity index (χ0n) is 11.1. The van der Waals surface area contributed by atoms with Crippen molar-refractivity contribution in [3.8, 4) is 17.2 Å². The highest BCUT2D eigenvalue weighted by molar-refractivity contribution is 5.62. The van der Waals surface area contributed by atoms with Gasteiger partial charge in [0.25, 0.3) is 5.89 Å². The molecule has 0 aliphatic rings. The normalized spacial score (nSPS) is 12.2. The zero-order chi connectivity index (χ0) is 14.7. The maximum absolute atomic E-state index is 11.0. The van der Waals surface area contributed by atoms with Crippen LogP contribution in [0.1, 0.15) is 18.7 Å². The summed E-state index contributed by atoms with van der Waals surface area (Å²) in [5.41, 5.74) is 5.83. The van der Waals surface area contributed by atoms with E-state index in [2.05, 4.69) is 10.1 Å². The van der Waals surface area contributed by atoms with Crippen LogP contribution in [0.4, 0.5) is 5.69 Å². The highest BCUT2D eigenvalue weighted by Crippen LogP contribution is 2.31.